The molecule has 1 fully saturated rings. The second kappa shape index (κ2) is 6.92. The van der Waals surface area contributed by atoms with Crippen LogP contribution in [0.1, 0.15) is 38.3 Å². The SMILES string of the molecule is CCC1CN(C)CCCN1c1ccc([C@@H](C)N)c(Br)c1. The molecule has 112 valence electrons. The number of halogens is 1. The monoisotopic (exact) mass is 339 g/mol. The third-order valence-electron chi connectivity index (χ3n) is 4.18. The minimum absolute atomic E-state index is 0.0654. The predicted molar refractivity (Wildman–Crippen MR) is 90.3 cm³/mol. The van der Waals surface area contributed by atoms with Crippen molar-refractivity contribution in [3.05, 3.63) is 28.2 Å². The number of rotatable bonds is 3. The molecule has 0 saturated carbocycles. The summed E-state index contributed by atoms with van der Waals surface area (Å²) >= 11 is 3.67. The summed E-state index contributed by atoms with van der Waals surface area (Å²) in [6.45, 7) is 7.76. The van der Waals surface area contributed by atoms with Crippen LogP contribution in [0.4, 0.5) is 5.69 Å². The summed E-state index contributed by atoms with van der Waals surface area (Å²) in [7, 11) is 2.22. The Hall–Kier alpha value is -0.580. The normalized spacial score (nSPS) is 22.6. The van der Waals surface area contributed by atoms with E-state index in [1.807, 2.05) is 6.92 Å². The van der Waals surface area contributed by atoms with Crippen molar-refractivity contribution in [2.45, 2.75) is 38.8 Å². The molecule has 3 nitrogen and oxygen atoms in total. The van der Waals surface area contributed by atoms with Crippen molar-refractivity contribution in [1.29, 1.82) is 0 Å². The van der Waals surface area contributed by atoms with Crippen LogP contribution in [-0.4, -0.2) is 37.6 Å². The molecule has 20 heavy (non-hydrogen) atoms. The van der Waals surface area contributed by atoms with Crippen molar-refractivity contribution in [2.75, 3.05) is 31.6 Å². The van der Waals surface area contributed by atoms with Gasteiger partial charge in [0, 0.05) is 35.3 Å². The molecular formula is C16H26BrN3. The topological polar surface area (TPSA) is 32.5 Å². The summed E-state index contributed by atoms with van der Waals surface area (Å²) in [4.78, 5) is 5.00. The van der Waals surface area contributed by atoms with Gasteiger partial charge in [0.25, 0.3) is 0 Å². The smallest absolute Gasteiger partial charge is 0.0414 e. The number of nitrogens with two attached hydrogens (primary N) is 1. The Morgan fingerprint density at radius 3 is 2.75 bits per heavy atom. The van der Waals surface area contributed by atoms with Crippen molar-refractivity contribution in [3.63, 3.8) is 0 Å². The highest BCUT2D eigenvalue weighted by Crippen LogP contribution is 2.29. The number of nitrogens with zero attached hydrogens (tertiary/aromatic N) is 2. The van der Waals surface area contributed by atoms with Crippen LogP contribution < -0.4 is 10.6 Å². The van der Waals surface area contributed by atoms with Crippen molar-refractivity contribution in [3.8, 4) is 0 Å². The lowest BCUT2D eigenvalue weighted by atomic mass is 10.1. The lowest BCUT2D eigenvalue weighted by molar-refractivity contribution is 0.328. The van der Waals surface area contributed by atoms with E-state index in [0.29, 0.717) is 6.04 Å². The first-order valence-electron chi connectivity index (χ1n) is 7.53. The quantitative estimate of drug-likeness (QED) is 0.916. The molecular weight excluding hydrogens is 314 g/mol. The van der Waals surface area contributed by atoms with Gasteiger partial charge in [-0.1, -0.05) is 28.9 Å². The number of hydrogen-bond donors (Lipinski definition) is 1. The molecule has 0 amide bonds. The highest BCUT2D eigenvalue weighted by molar-refractivity contribution is 9.10. The molecule has 0 aromatic heterocycles. The predicted octanol–water partition coefficient (Wildman–Crippen LogP) is 3.39. The van der Waals surface area contributed by atoms with Gasteiger partial charge < -0.3 is 15.5 Å². The molecule has 1 aliphatic heterocycles. The van der Waals surface area contributed by atoms with Gasteiger partial charge in [0.15, 0.2) is 0 Å². The average Bonchev–Trinajstić information content (AvgIpc) is 2.59. The summed E-state index contributed by atoms with van der Waals surface area (Å²) < 4.78 is 1.12. The zero-order chi connectivity index (χ0) is 14.7. The van der Waals surface area contributed by atoms with E-state index in [-0.39, 0.29) is 6.04 Å². The van der Waals surface area contributed by atoms with Crippen molar-refractivity contribution < 1.29 is 0 Å². The van der Waals surface area contributed by atoms with Gasteiger partial charge in [-0.3, -0.25) is 0 Å². The van der Waals surface area contributed by atoms with Gasteiger partial charge >= 0.3 is 0 Å². The molecule has 2 rings (SSSR count). The minimum atomic E-state index is 0.0654. The van der Waals surface area contributed by atoms with Gasteiger partial charge in [-0.15, -0.1) is 0 Å². The van der Waals surface area contributed by atoms with Crippen LogP contribution in [0.5, 0.6) is 0 Å². The number of hydrogen-bond acceptors (Lipinski definition) is 3. The molecule has 1 heterocycles. The molecule has 0 bridgehead atoms. The lowest BCUT2D eigenvalue weighted by Gasteiger charge is -2.32. The van der Waals surface area contributed by atoms with Crippen molar-refractivity contribution in [2.24, 2.45) is 5.73 Å². The highest BCUT2D eigenvalue weighted by atomic mass is 79.9. The van der Waals surface area contributed by atoms with Gasteiger partial charge in [-0.2, -0.15) is 0 Å². The Morgan fingerprint density at radius 1 is 1.40 bits per heavy atom. The first-order chi connectivity index (χ1) is 9.52. The second-order valence-electron chi connectivity index (χ2n) is 5.87. The van der Waals surface area contributed by atoms with E-state index in [9.17, 15) is 0 Å². The minimum Gasteiger partial charge on any atom is -0.367 e. The Kier molecular flexibility index (Phi) is 5.47. The van der Waals surface area contributed by atoms with Crippen LogP contribution in [0.3, 0.4) is 0 Å². The number of anilines is 1. The van der Waals surface area contributed by atoms with Crippen LogP contribution in [0, 0.1) is 0 Å². The Labute approximate surface area is 131 Å². The third kappa shape index (κ3) is 3.54. The van der Waals surface area contributed by atoms with Crippen molar-refractivity contribution >= 4 is 21.6 Å². The van der Waals surface area contributed by atoms with E-state index in [1.54, 1.807) is 0 Å². The summed E-state index contributed by atoms with van der Waals surface area (Å²) in [6, 6.07) is 7.27. The largest absolute Gasteiger partial charge is 0.367 e. The second-order valence-corrected chi connectivity index (χ2v) is 6.72. The Bertz CT molecular complexity index is 447. The molecule has 1 saturated heterocycles. The Balaban J connectivity index is 2.26. The maximum atomic E-state index is 5.99. The summed E-state index contributed by atoms with van der Waals surface area (Å²) in [5.41, 5.74) is 8.47. The van der Waals surface area contributed by atoms with E-state index in [2.05, 4.69) is 57.9 Å². The number of benzene rings is 1. The van der Waals surface area contributed by atoms with Crippen LogP contribution in [0.25, 0.3) is 0 Å². The van der Waals surface area contributed by atoms with Crippen LogP contribution in [0.2, 0.25) is 0 Å². The van der Waals surface area contributed by atoms with Gasteiger partial charge in [0.1, 0.15) is 0 Å². The van der Waals surface area contributed by atoms with E-state index in [1.165, 1.54) is 30.6 Å². The van der Waals surface area contributed by atoms with Gasteiger partial charge in [0.05, 0.1) is 0 Å². The average molecular weight is 340 g/mol. The molecule has 1 unspecified atom stereocenters. The van der Waals surface area contributed by atoms with Gasteiger partial charge in [-0.05, 0) is 51.1 Å². The third-order valence-corrected chi connectivity index (χ3v) is 4.87. The fourth-order valence-electron chi connectivity index (χ4n) is 3.00. The summed E-state index contributed by atoms with van der Waals surface area (Å²) in [5, 5.41) is 0. The molecule has 1 aromatic carbocycles. The maximum absolute atomic E-state index is 5.99. The summed E-state index contributed by atoms with van der Waals surface area (Å²) in [5.74, 6) is 0. The first kappa shape index (κ1) is 15.8. The van der Waals surface area contributed by atoms with Gasteiger partial charge in [0.2, 0.25) is 0 Å². The van der Waals surface area contributed by atoms with E-state index in [4.69, 9.17) is 5.73 Å². The summed E-state index contributed by atoms with van der Waals surface area (Å²) in [6.07, 6.45) is 2.40. The molecule has 2 atom stereocenters. The Morgan fingerprint density at radius 2 is 2.15 bits per heavy atom. The number of likely N-dealkylation sites (N-methyl/N-ethyl adjacent to an activating group) is 1. The lowest BCUT2D eigenvalue weighted by Crippen LogP contribution is -2.39. The zero-order valence-electron chi connectivity index (χ0n) is 12.8. The van der Waals surface area contributed by atoms with E-state index < -0.39 is 0 Å². The van der Waals surface area contributed by atoms with Crippen LogP contribution in [0.15, 0.2) is 22.7 Å². The zero-order valence-corrected chi connectivity index (χ0v) is 14.4. The maximum Gasteiger partial charge on any atom is 0.0414 e. The fourth-order valence-corrected chi connectivity index (χ4v) is 3.72. The molecule has 4 heteroatoms. The van der Waals surface area contributed by atoms with Crippen LogP contribution >= 0.6 is 15.9 Å². The molecule has 0 radical (unpaired) electrons. The van der Waals surface area contributed by atoms with E-state index >= 15 is 0 Å². The molecule has 1 aromatic rings. The first-order valence-corrected chi connectivity index (χ1v) is 8.32. The molecule has 2 N–H and O–H groups in total. The van der Waals surface area contributed by atoms with Gasteiger partial charge in [-0.25, -0.2) is 0 Å². The standard InChI is InChI=1S/C16H26BrN3/c1-4-13-11-19(3)8-5-9-20(13)14-6-7-15(12(2)18)16(17)10-14/h6-7,10,12-13H,4-5,8-9,11,18H2,1-3H3/t12-,13?/m1/s1. The van der Waals surface area contributed by atoms with E-state index in [0.717, 1.165) is 17.6 Å². The molecule has 0 aliphatic carbocycles. The van der Waals surface area contributed by atoms with Crippen LogP contribution in [-0.2, 0) is 0 Å². The molecule has 1 aliphatic rings. The van der Waals surface area contributed by atoms with Crippen molar-refractivity contribution in [1.82, 2.24) is 4.90 Å². The molecule has 0 spiro atoms. The fraction of sp³-hybridized carbons (Fsp3) is 0.625. The highest BCUT2D eigenvalue weighted by Gasteiger charge is 2.22.